The van der Waals surface area contributed by atoms with Crippen LogP contribution >= 0.6 is 0 Å². The van der Waals surface area contributed by atoms with Gasteiger partial charge in [-0.2, -0.15) is 0 Å². The van der Waals surface area contributed by atoms with E-state index in [2.05, 4.69) is 23.0 Å². The van der Waals surface area contributed by atoms with Crippen molar-refractivity contribution in [3.63, 3.8) is 0 Å². The number of hydrogen-bond acceptors (Lipinski definition) is 3. The zero-order chi connectivity index (χ0) is 14.0. The number of carbonyl (C=O) groups is 1. The fourth-order valence-corrected chi connectivity index (χ4v) is 1.77. The lowest BCUT2D eigenvalue weighted by Crippen LogP contribution is -2.30. The highest BCUT2D eigenvalue weighted by atomic mass is 16.6. The molecule has 0 fully saturated rings. The molecule has 1 amide bonds. The SMILES string of the molecule is O=C(NNc1ccccc1)OCCCc1ccccc1. The molecule has 0 aromatic heterocycles. The van der Waals surface area contributed by atoms with Gasteiger partial charge in [-0.05, 0) is 30.5 Å². The Hall–Kier alpha value is -2.49. The van der Waals surface area contributed by atoms with Crippen molar-refractivity contribution in [3.05, 3.63) is 66.2 Å². The number of amides is 1. The summed E-state index contributed by atoms with van der Waals surface area (Å²) in [6.45, 7) is 0.400. The second-order valence-corrected chi connectivity index (χ2v) is 4.34. The van der Waals surface area contributed by atoms with E-state index < -0.39 is 6.09 Å². The smallest absolute Gasteiger partial charge is 0.425 e. The van der Waals surface area contributed by atoms with Crippen LogP contribution in [0.25, 0.3) is 0 Å². The van der Waals surface area contributed by atoms with Crippen LogP contribution < -0.4 is 10.9 Å². The normalized spacial score (nSPS) is 9.80. The topological polar surface area (TPSA) is 50.4 Å². The van der Waals surface area contributed by atoms with Crippen LogP contribution in [0.5, 0.6) is 0 Å². The van der Waals surface area contributed by atoms with E-state index in [9.17, 15) is 4.79 Å². The lowest BCUT2D eigenvalue weighted by Gasteiger charge is -2.09. The molecule has 0 atom stereocenters. The average Bonchev–Trinajstić information content (AvgIpc) is 2.52. The van der Waals surface area contributed by atoms with E-state index in [1.54, 1.807) is 0 Å². The van der Waals surface area contributed by atoms with Crippen LogP contribution in [0.3, 0.4) is 0 Å². The van der Waals surface area contributed by atoms with Crippen LogP contribution in [0.15, 0.2) is 60.7 Å². The van der Waals surface area contributed by atoms with E-state index in [4.69, 9.17) is 4.74 Å². The highest BCUT2D eigenvalue weighted by Gasteiger charge is 2.00. The molecule has 0 saturated heterocycles. The summed E-state index contributed by atoms with van der Waals surface area (Å²) in [5.41, 5.74) is 7.33. The van der Waals surface area contributed by atoms with Gasteiger partial charge in [0, 0.05) is 0 Å². The number of anilines is 1. The molecule has 4 heteroatoms. The molecule has 0 spiro atoms. The first-order chi connectivity index (χ1) is 9.84. The predicted molar refractivity (Wildman–Crippen MR) is 79.3 cm³/mol. The second-order valence-electron chi connectivity index (χ2n) is 4.34. The van der Waals surface area contributed by atoms with Gasteiger partial charge in [0.25, 0.3) is 0 Å². The minimum absolute atomic E-state index is 0.400. The molecule has 2 rings (SSSR count). The number of aryl methyl sites for hydroxylation is 1. The molecule has 2 N–H and O–H groups in total. The third-order valence-electron chi connectivity index (χ3n) is 2.77. The standard InChI is InChI=1S/C16H18N2O2/c19-16(18-17-15-11-5-2-6-12-15)20-13-7-10-14-8-3-1-4-9-14/h1-6,8-9,11-12,17H,7,10,13H2,(H,18,19). The Bertz CT molecular complexity index is 515. The number of hydrogen-bond donors (Lipinski definition) is 2. The molecule has 4 nitrogen and oxygen atoms in total. The Morgan fingerprint density at radius 2 is 1.60 bits per heavy atom. The Kier molecular flexibility index (Phi) is 5.46. The third-order valence-corrected chi connectivity index (χ3v) is 2.77. The monoisotopic (exact) mass is 270 g/mol. The number of para-hydroxylation sites is 1. The molecule has 0 heterocycles. The molecule has 0 aliphatic heterocycles. The molecule has 0 radical (unpaired) electrons. The van der Waals surface area contributed by atoms with E-state index >= 15 is 0 Å². The van der Waals surface area contributed by atoms with Crippen molar-refractivity contribution in [3.8, 4) is 0 Å². The Labute approximate surface area is 118 Å². The number of benzene rings is 2. The molecule has 0 aliphatic carbocycles. The zero-order valence-electron chi connectivity index (χ0n) is 11.2. The van der Waals surface area contributed by atoms with E-state index in [0.29, 0.717) is 6.61 Å². The van der Waals surface area contributed by atoms with Gasteiger partial charge in [-0.15, -0.1) is 0 Å². The maximum atomic E-state index is 11.4. The van der Waals surface area contributed by atoms with Gasteiger partial charge in [0.05, 0.1) is 12.3 Å². The first-order valence-electron chi connectivity index (χ1n) is 6.62. The van der Waals surface area contributed by atoms with Gasteiger partial charge in [-0.25, -0.2) is 10.2 Å². The zero-order valence-corrected chi connectivity index (χ0v) is 11.2. The largest absolute Gasteiger partial charge is 0.448 e. The summed E-state index contributed by atoms with van der Waals surface area (Å²) < 4.78 is 5.07. The van der Waals surface area contributed by atoms with Crippen molar-refractivity contribution in [1.82, 2.24) is 5.43 Å². The summed E-state index contributed by atoms with van der Waals surface area (Å²) in [7, 11) is 0. The van der Waals surface area contributed by atoms with Crippen LogP contribution in [0.4, 0.5) is 10.5 Å². The van der Waals surface area contributed by atoms with Crippen molar-refractivity contribution in [2.24, 2.45) is 0 Å². The van der Waals surface area contributed by atoms with Gasteiger partial charge in [-0.3, -0.25) is 5.43 Å². The number of carbonyl (C=O) groups excluding carboxylic acids is 1. The molecule has 0 aliphatic rings. The first-order valence-corrected chi connectivity index (χ1v) is 6.62. The minimum Gasteiger partial charge on any atom is -0.448 e. The molecule has 0 unspecified atom stereocenters. The Morgan fingerprint density at radius 1 is 0.950 bits per heavy atom. The molecule has 0 saturated carbocycles. The van der Waals surface area contributed by atoms with Crippen LogP contribution in [0, 0.1) is 0 Å². The lowest BCUT2D eigenvalue weighted by molar-refractivity contribution is 0.147. The fourth-order valence-electron chi connectivity index (χ4n) is 1.77. The number of hydrazine groups is 1. The van der Waals surface area contributed by atoms with Crippen molar-refractivity contribution in [2.75, 3.05) is 12.0 Å². The van der Waals surface area contributed by atoms with Gasteiger partial charge in [0.15, 0.2) is 0 Å². The average molecular weight is 270 g/mol. The van der Waals surface area contributed by atoms with Crippen LogP contribution in [0.2, 0.25) is 0 Å². The van der Waals surface area contributed by atoms with Crippen molar-refractivity contribution in [1.29, 1.82) is 0 Å². The number of rotatable bonds is 6. The van der Waals surface area contributed by atoms with E-state index in [0.717, 1.165) is 18.5 Å². The quantitative estimate of drug-likeness (QED) is 0.625. The maximum Gasteiger partial charge on any atom is 0.425 e. The summed E-state index contributed by atoms with van der Waals surface area (Å²) in [6, 6.07) is 19.5. The minimum atomic E-state index is -0.470. The molecule has 0 bridgehead atoms. The van der Waals surface area contributed by atoms with Gasteiger partial charge in [0.1, 0.15) is 0 Å². The summed E-state index contributed by atoms with van der Waals surface area (Å²) in [4.78, 5) is 11.4. The summed E-state index contributed by atoms with van der Waals surface area (Å²) in [6.07, 6.45) is 1.24. The van der Waals surface area contributed by atoms with Crippen LogP contribution in [-0.2, 0) is 11.2 Å². The third kappa shape index (κ3) is 5.02. The van der Waals surface area contributed by atoms with Crippen LogP contribution in [-0.4, -0.2) is 12.7 Å². The predicted octanol–water partition coefficient (Wildman–Crippen LogP) is 3.37. The highest BCUT2D eigenvalue weighted by Crippen LogP contribution is 2.03. The van der Waals surface area contributed by atoms with Gasteiger partial charge in [-0.1, -0.05) is 48.5 Å². The Morgan fingerprint density at radius 3 is 2.30 bits per heavy atom. The molecule has 2 aromatic carbocycles. The van der Waals surface area contributed by atoms with Crippen molar-refractivity contribution >= 4 is 11.8 Å². The van der Waals surface area contributed by atoms with Gasteiger partial charge in [0.2, 0.25) is 0 Å². The van der Waals surface area contributed by atoms with Gasteiger partial charge < -0.3 is 4.74 Å². The summed E-state index contributed by atoms with van der Waals surface area (Å²) in [5.74, 6) is 0. The van der Waals surface area contributed by atoms with Gasteiger partial charge >= 0.3 is 6.09 Å². The molecule has 2 aromatic rings. The van der Waals surface area contributed by atoms with E-state index in [-0.39, 0.29) is 0 Å². The molecule has 104 valence electrons. The fraction of sp³-hybridized carbons (Fsp3) is 0.188. The van der Waals surface area contributed by atoms with E-state index in [1.807, 2.05) is 48.5 Å². The van der Waals surface area contributed by atoms with E-state index in [1.165, 1.54) is 5.56 Å². The molecule has 20 heavy (non-hydrogen) atoms. The Balaban J connectivity index is 1.59. The highest BCUT2D eigenvalue weighted by molar-refractivity contribution is 5.69. The second kappa shape index (κ2) is 7.84. The number of nitrogens with one attached hydrogen (secondary N) is 2. The van der Waals surface area contributed by atoms with Crippen molar-refractivity contribution < 1.29 is 9.53 Å². The summed E-state index contributed by atoms with van der Waals surface area (Å²) >= 11 is 0. The molecular weight excluding hydrogens is 252 g/mol. The summed E-state index contributed by atoms with van der Waals surface area (Å²) in [5, 5.41) is 0. The lowest BCUT2D eigenvalue weighted by atomic mass is 10.1. The maximum absolute atomic E-state index is 11.4. The first kappa shape index (κ1) is 13.9. The number of ether oxygens (including phenoxy) is 1. The van der Waals surface area contributed by atoms with Crippen LogP contribution in [0.1, 0.15) is 12.0 Å². The molecular formula is C16H18N2O2. The van der Waals surface area contributed by atoms with Crippen molar-refractivity contribution in [2.45, 2.75) is 12.8 Å².